The van der Waals surface area contributed by atoms with Crippen molar-refractivity contribution in [3.8, 4) is 89.0 Å². The quantitative estimate of drug-likeness (QED) is 0.134. The lowest BCUT2D eigenvalue weighted by Crippen LogP contribution is -2.02. The molecule has 0 heteroatoms. The molecular weight excluding hydrogens is 817 g/mol. The summed E-state index contributed by atoms with van der Waals surface area (Å²) in [5.74, 6) is 0. The molecule has 0 aliphatic carbocycles. The van der Waals surface area contributed by atoms with Gasteiger partial charge in [-0.1, -0.05) is 279 Å². The van der Waals surface area contributed by atoms with Crippen LogP contribution in [0.15, 0.2) is 291 Å². The first-order valence-corrected chi connectivity index (χ1v) is 23.4. The van der Waals surface area contributed by atoms with Gasteiger partial charge in [-0.3, -0.25) is 0 Å². The number of fused-ring (bicyclic) bond motifs is 2. The number of benzene rings is 12. The smallest absolute Gasteiger partial charge is 0.00139 e. The lowest BCUT2D eigenvalue weighted by molar-refractivity contribution is 1.51. The first kappa shape index (κ1) is 41.8. The maximum Gasteiger partial charge on any atom is -0.00139 e. The van der Waals surface area contributed by atoms with Crippen LogP contribution in [0.25, 0.3) is 111 Å². The van der Waals surface area contributed by atoms with Crippen molar-refractivity contribution in [3.05, 3.63) is 291 Å². The molecule has 0 saturated heterocycles. The fraction of sp³-hybridized carbons (Fsp3) is 0. The molecule has 0 heterocycles. The first-order chi connectivity index (χ1) is 33.8. The minimum absolute atomic E-state index is 1.20. The van der Waals surface area contributed by atoms with Crippen molar-refractivity contribution in [2.45, 2.75) is 0 Å². The monoisotopic (exact) mass is 864 g/mol. The van der Waals surface area contributed by atoms with Crippen LogP contribution < -0.4 is 0 Å². The van der Waals surface area contributed by atoms with Gasteiger partial charge >= 0.3 is 0 Å². The van der Waals surface area contributed by atoms with Crippen LogP contribution in [-0.4, -0.2) is 0 Å². The molecule has 0 aliphatic rings. The SMILES string of the molecule is c1ccc(-c2c(-c3ccccc3)c(-c3ccccc3)c(-c3ccccc3)c(-c3ccccc3)c2-c2ccccc2)cc1.c1ccc(-c2ccc3cc4ccccc4cc3c2-c2ccccc2)cc1. The average Bonchev–Trinajstić information content (AvgIpc) is 3.43. The predicted molar refractivity (Wildman–Crippen MR) is 291 cm³/mol. The average molecular weight is 865 g/mol. The van der Waals surface area contributed by atoms with Crippen molar-refractivity contribution in [3.63, 3.8) is 0 Å². The molecule has 12 rings (SSSR count). The van der Waals surface area contributed by atoms with E-state index >= 15 is 0 Å². The molecule has 68 heavy (non-hydrogen) atoms. The Kier molecular flexibility index (Phi) is 11.9. The summed E-state index contributed by atoms with van der Waals surface area (Å²) in [6, 6.07) is 104. The number of hydrogen-bond acceptors (Lipinski definition) is 0. The Labute approximate surface area is 399 Å². The minimum atomic E-state index is 1.20. The Balaban J connectivity index is 0.000000166. The molecule has 0 radical (unpaired) electrons. The minimum Gasteiger partial charge on any atom is -0.0622 e. The van der Waals surface area contributed by atoms with E-state index in [1.165, 1.54) is 111 Å². The van der Waals surface area contributed by atoms with Gasteiger partial charge in [0, 0.05) is 0 Å². The van der Waals surface area contributed by atoms with E-state index in [1.54, 1.807) is 0 Å². The second kappa shape index (κ2) is 19.3. The zero-order chi connectivity index (χ0) is 45.5. The highest BCUT2D eigenvalue weighted by Crippen LogP contribution is 2.55. The normalized spacial score (nSPS) is 10.9. The van der Waals surface area contributed by atoms with E-state index in [-0.39, 0.29) is 0 Å². The maximum absolute atomic E-state index is 2.33. The standard InChI is InChI=1S/C42H30.C26H18/c1-7-19-31(20-8-1)37-38(32-21-9-2-10-22-32)40(34-25-13-4-14-26-34)42(36-29-17-6-18-30-36)41(35-27-15-5-16-28-35)39(37)33-23-11-3-12-24-33;1-3-9-19(10-4-1)24-16-15-23-17-21-13-7-8-14-22(21)18-25(23)26(24)20-11-5-2-6-12-20/h1-30H;1-18H. The summed E-state index contributed by atoms with van der Waals surface area (Å²) in [5.41, 5.74) is 19.7. The summed E-state index contributed by atoms with van der Waals surface area (Å²) in [5, 5.41) is 5.15. The number of hydrogen-bond donors (Lipinski definition) is 0. The zero-order valence-electron chi connectivity index (χ0n) is 37.7. The van der Waals surface area contributed by atoms with Gasteiger partial charge in [0.1, 0.15) is 0 Å². The Bertz CT molecular complexity index is 3190. The van der Waals surface area contributed by atoms with Crippen molar-refractivity contribution in [2.75, 3.05) is 0 Å². The first-order valence-electron chi connectivity index (χ1n) is 23.4. The highest BCUT2D eigenvalue weighted by atomic mass is 14.3. The van der Waals surface area contributed by atoms with Gasteiger partial charge in [-0.25, -0.2) is 0 Å². The highest BCUT2D eigenvalue weighted by Gasteiger charge is 2.28. The molecule has 0 nitrogen and oxygen atoms in total. The molecule has 0 aromatic heterocycles. The molecule has 12 aromatic rings. The second-order valence-electron chi connectivity index (χ2n) is 17.1. The third-order valence-electron chi connectivity index (χ3n) is 12.9. The van der Waals surface area contributed by atoms with Gasteiger partial charge in [0.2, 0.25) is 0 Å². The molecule has 0 amide bonds. The van der Waals surface area contributed by atoms with Gasteiger partial charge in [0.25, 0.3) is 0 Å². The fourth-order valence-corrected chi connectivity index (χ4v) is 9.90. The lowest BCUT2D eigenvalue weighted by Gasteiger charge is -2.28. The van der Waals surface area contributed by atoms with Crippen molar-refractivity contribution < 1.29 is 0 Å². The van der Waals surface area contributed by atoms with Crippen molar-refractivity contribution in [2.24, 2.45) is 0 Å². The second-order valence-corrected chi connectivity index (χ2v) is 17.1. The van der Waals surface area contributed by atoms with Gasteiger partial charge in [-0.2, -0.15) is 0 Å². The van der Waals surface area contributed by atoms with Gasteiger partial charge in [-0.15, -0.1) is 0 Å². The summed E-state index contributed by atoms with van der Waals surface area (Å²) in [7, 11) is 0. The molecule has 0 N–H and O–H groups in total. The fourth-order valence-electron chi connectivity index (χ4n) is 9.90. The zero-order valence-corrected chi connectivity index (χ0v) is 37.7. The number of rotatable bonds is 8. The molecular formula is C68H48. The largest absolute Gasteiger partial charge is 0.0622 e. The van der Waals surface area contributed by atoms with E-state index in [0.717, 1.165) is 0 Å². The van der Waals surface area contributed by atoms with Crippen molar-refractivity contribution in [1.29, 1.82) is 0 Å². The molecule has 0 bridgehead atoms. The maximum atomic E-state index is 2.33. The van der Waals surface area contributed by atoms with Crippen LogP contribution in [-0.2, 0) is 0 Å². The summed E-state index contributed by atoms with van der Waals surface area (Å²) >= 11 is 0. The Morgan fingerprint density at radius 3 is 0.676 bits per heavy atom. The van der Waals surface area contributed by atoms with Crippen molar-refractivity contribution >= 4 is 21.5 Å². The Morgan fingerprint density at radius 1 is 0.147 bits per heavy atom. The summed E-state index contributed by atoms with van der Waals surface area (Å²) < 4.78 is 0. The van der Waals surface area contributed by atoms with Gasteiger partial charge < -0.3 is 0 Å². The lowest BCUT2D eigenvalue weighted by atomic mass is 9.74. The topological polar surface area (TPSA) is 0 Å². The highest BCUT2D eigenvalue weighted by molar-refractivity contribution is 6.15. The van der Waals surface area contributed by atoms with Crippen LogP contribution in [0.5, 0.6) is 0 Å². The molecule has 0 spiro atoms. The molecule has 0 atom stereocenters. The molecule has 0 aliphatic heterocycles. The van der Waals surface area contributed by atoms with E-state index in [9.17, 15) is 0 Å². The predicted octanol–water partition coefficient (Wildman–Crippen LogP) is 19.0. The summed E-state index contributed by atoms with van der Waals surface area (Å²) in [6.45, 7) is 0. The van der Waals surface area contributed by atoms with Crippen LogP contribution in [0.4, 0.5) is 0 Å². The van der Waals surface area contributed by atoms with Crippen LogP contribution >= 0.6 is 0 Å². The van der Waals surface area contributed by atoms with Crippen molar-refractivity contribution in [1.82, 2.24) is 0 Å². The van der Waals surface area contributed by atoms with Gasteiger partial charge in [-0.05, 0) is 123 Å². The molecule has 0 fully saturated rings. The van der Waals surface area contributed by atoms with Crippen LogP contribution in [0.1, 0.15) is 0 Å². The third-order valence-corrected chi connectivity index (χ3v) is 12.9. The van der Waals surface area contributed by atoms with Gasteiger partial charge in [0.15, 0.2) is 0 Å². The van der Waals surface area contributed by atoms with E-state index in [1.807, 2.05) is 0 Å². The van der Waals surface area contributed by atoms with E-state index < -0.39 is 0 Å². The molecule has 12 aromatic carbocycles. The molecule has 0 unspecified atom stereocenters. The van der Waals surface area contributed by atoms with Crippen LogP contribution in [0.2, 0.25) is 0 Å². The van der Waals surface area contributed by atoms with E-state index in [2.05, 4.69) is 291 Å². The van der Waals surface area contributed by atoms with E-state index in [4.69, 9.17) is 0 Å². The van der Waals surface area contributed by atoms with Crippen LogP contribution in [0.3, 0.4) is 0 Å². The van der Waals surface area contributed by atoms with E-state index in [0.29, 0.717) is 0 Å². The Morgan fingerprint density at radius 2 is 0.382 bits per heavy atom. The molecule has 0 saturated carbocycles. The Hall–Kier alpha value is -8.84. The summed E-state index contributed by atoms with van der Waals surface area (Å²) in [4.78, 5) is 0. The molecule has 320 valence electrons. The summed E-state index contributed by atoms with van der Waals surface area (Å²) in [6.07, 6.45) is 0. The third kappa shape index (κ3) is 8.32. The van der Waals surface area contributed by atoms with Gasteiger partial charge in [0.05, 0.1) is 0 Å². The van der Waals surface area contributed by atoms with Crippen LogP contribution in [0, 0.1) is 0 Å².